The maximum atomic E-state index is 12.5. The predicted molar refractivity (Wildman–Crippen MR) is 110 cm³/mol. The fourth-order valence-corrected chi connectivity index (χ4v) is 3.88. The Morgan fingerprint density at radius 2 is 1.64 bits per heavy atom. The lowest BCUT2D eigenvalue weighted by atomic mass is 9.87. The van der Waals surface area contributed by atoms with Crippen LogP contribution in [0.2, 0.25) is 0 Å². The number of hydrogen-bond donors (Lipinski definition) is 1. The Bertz CT molecular complexity index is 933. The van der Waals surface area contributed by atoms with Crippen molar-refractivity contribution in [2.24, 2.45) is 5.92 Å². The average Bonchev–Trinajstić information content (AvgIpc) is 2.77. The van der Waals surface area contributed by atoms with Crippen LogP contribution in [0, 0.1) is 5.92 Å². The highest BCUT2D eigenvalue weighted by Gasteiger charge is 2.28. The third kappa shape index (κ3) is 4.18. The molecule has 1 aliphatic heterocycles. The van der Waals surface area contributed by atoms with Crippen molar-refractivity contribution in [3.05, 3.63) is 78.4 Å². The minimum Gasteiger partial charge on any atom is -0.484 e. The number of fused-ring (bicyclic) bond motifs is 1. The van der Waals surface area contributed by atoms with E-state index in [1.807, 2.05) is 71.6 Å². The summed E-state index contributed by atoms with van der Waals surface area (Å²) in [5.41, 5.74) is 0.951. The number of hydrogen-bond acceptors (Lipinski definition) is 3. The number of amides is 1. The van der Waals surface area contributed by atoms with Crippen LogP contribution >= 0.6 is 0 Å². The molecular weight excluding hydrogens is 350 g/mol. The normalized spacial score (nSPS) is 16.1. The van der Waals surface area contributed by atoms with Gasteiger partial charge >= 0.3 is 0 Å². The SMILES string of the molecule is O=C(COc1ccc2ccccc2c1)N1CCC(C(O)c2ccccc2)CC1. The third-order valence-electron chi connectivity index (χ3n) is 5.56. The number of ether oxygens (including phenoxy) is 1. The van der Waals surface area contributed by atoms with Gasteiger partial charge in [-0.15, -0.1) is 0 Å². The third-order valence-corrected chi connectivity index (χ3v) is 5.56. The predicted octanol–water partition coefficient (Wildman–Crippen LogP) is 4.19. The summed E-state index contributed by atoms with van der Waals surface area (Å²) in [7, 11) is 0. The molecule has 0 saturated carbocycles. The molecule has 28 heavy (non-hydrogen) atoms. The minimum atomic E-state index is -0.465. The van der Waals surface area contributed by atoms with Crippen LogP contribution in [0.3, 0.4) is 0 Å². The molecule has 0 radical (unpaired) electrons. The van der Waals surface area contributed by atoms with Gasteiger partial charge in [-0.2, -0.15) is 0 Å². The van der Waals surface area contributed by atoms with Crippen LogP contribution in [-0.2, 0) is 4.79 Å². The van der Waals surface area contributed by atoms with E-state index in [4.69, 9.17) is 4.74 Å². The van der Waals surface area contributed by atoms with E-state index in [-0.39, 0.29) is 18.4 Å². The zero-order valence-electron chi connectivity index (χ0n) is 15.8. The van der Waals surface area contributed by atoms with Gasteiger partial charge in [-0.3, -0.25) is 4.79 Å². The Morgan fingerprint density at radius 1 is 0.964 bits per heavy atom. The molecule has 1 unspecified atom stereocenters. The molecule has 0 spiro atoms. The van der Waals surface area contributed by atoms with Gasteiger partial charge in [-0.25, -0.2) is 0 Å². The average molecular weight is 375 g/mol. The lowest BCUT2D eigenvalue weighted by molar-refractivity contribution is -0.135. The van der Waals surface area contributed by atoms with Crippen molar-refractivity contribution in [2.75, 3.05) is 19.7 Å². The highest BCUT2D eigenvalue weighted by atomic mass is 16.5. The molecule has 0 bridgehead atoms. The van der Waals surface area contributed by atoms with Crippen molar-refractivity contribution in [2.45, 2.75) is 18.9 Å². The molecule has 1 saturated heterocycles. The molecule has 4 heteroatoms. The summed E-state index contributed by atoms with van der Waals surface area (Å²) in [6.07, 6.45) is 1.14. The number of carbonyl (C=O) groups excluding carboxylic acids is 1. The lowest BCUT2D eigenvalue weighted by Crippen LogP contribution is -2.42. The maximum absolute atomic E-state index is 12.5. The van der Waals surface area contributed by atoms with E-state index in [0.29, 0.717) is 18.8 Å². The first kappa shape index (κ1) is 18.5. The first-order valence-corrected chi connectivity index (χ1v) is 9.83. The Balaban J connectivity index is 1.29. The summed E-state index contributed by atoms with van der Waals surface area (Å²) in [5, 5.41) is 12.8. The fourth-order valence-electron chi connectivity index (χ4n) is 3.88. The zero-order chi connectivity index (χ0) is 19.3. The topological polar surface area (TPSA) is 49.8 Å². The van der Waals surface area contributed by atoms with Crippen LogP contribution in [0.5, 0.6) is 5.75 Å². The van der Waals surface area contributed by atoms with Crippen LogP contribution in [0.1, 0.15) is 24.5 Å². The van der Waals surface area contributed by atoms with Gasteiger partial charge in [0, 0.05) is 13.1 Å². The summed E-state index contributed by atoms with van der Waals surface area (Å²) in [6.45, 7) is 1.37. The number of aliphatic hydroxyl groups excluding tert-OH is 1. The molecule has 3 aromatic rings. The first-order valence-electron chi connectivity index (χ1n) is 9.83. The molecule has 0 aromatic heterocycles. The zero-order valence-corrected chi connectivity index (χ0v) is 15.8. The van der Waals surface area contributed by atoms with Crippen LogP contribution in [-0.4, -0.2) is 35.6 Å². The molecule has 4 nitrogen and oxygen atoms in total. The molecule has 1 atom stereocenters. The lowest BCUT2D eigenvalue weighted by Gasteiger charge is -2.34. The van der Waals surface area contributed by atoms with Gasteiger partial charge in [0.05, 0.1) is 6.10 Å². The Labute approximate surface area is 165 Å². The van der Waals surface area contributed by atoms with E-state index in [2.05, 4.69) is 6.07 Å². The minimum absolute atomic E-state index is 0.000750. The van der Waals surface area contributed by atoms with E-state index in [1.54, 1.807) is 0 Å². The molecule has 0 aliphatic carbocycles. The smallest absolute Gasteiger partial charge is 0.260 e. The second kappa shape index (κ2) is 8.44. The van der Waals surface area contributed by atoms with Crippen molar-refractivity contribution < 1.29 is 14.6 Å². The monoisotopic (exact) mass is 375 g/mol. The summed E-state index contributed by atoms with van der Waals surface area (Å²) >= 11 is 0. The summed E-state index contributed by atoms with van der Waals surface area (Å²) in [4.78, 5) is 14.4. The van der Waals surface area contributed by atoms with Gasteiger partial charge in [-0.05, 0) is 47.2 Å². The van der Waals surface area contributed by atoms with Crippen molar-refractivity contribution in [3.8, 4) is 5.75 Å². The highest BCUT2D eigenvalue weighted by Crippen LogP contribution is 2.30. The highest BCUT2D eigenvalue weighted by molar-refractivity contribution is 5.84. The Morgan fingerprint density at radius 3 is 2.39 bits per heavy atom. The van der Waals surface area contributed by atoms with E-state index in [9.17, 15) is 9.90 Å². The van der Waals surface area contributed by atoms with Crippen molar-refractivity contribution in [1.29, 1.82) is 0 Å². The molecule has 1 aliphatic rings. The second-order valence-electron chi connectivity index (χ2n) is 7.37. The van der Waals surface area contributed by atoms with Crippen LogP contribution < -0.4 is 4.74 Å². The van der Waals surface area contributed by atoms with Crippen LogP contribution in [0.25, 0.3) is 10.8 Å². The van der Waals surface area contributed by atoms with Gasteiger partial charge in [0.15, 0.2) is 6.61 Å². The number of nitrogens with zero attached hydrogens (tertiary/aromatic N) is 1. The van der Waals surface area contributed by atoms with E-state index in [1.165, 1.54) is 0 Å². The number of rotatable bonds is 5. The number of benzene rings is 3. The van der Waals surface area contributed by atoms with Crippen LogP contribution in [0.15, 0.2) is 72.8 Å². The molecule has 144 valence electrons. The van der Waals surface area contributed by atoms with E-state index < -0.39 is 6.10 Å². The van der Waals surface area contributed by atoms with Gasteiger partial charge in [-0.1, -0.05) is 60.7 Å². The van der Waals surface area contributed by atoms with E-state index >= 15 is 0 Å². The first-order chi connectivity index (χ1) is 13.7. The van der Waals surface area contributed by atoms with E-state index in [0.717, 1.165) is 29.2 Å². The summed E-state index contributed by atoms with van der Waals surface area (Å²) in [5.74, 6) is 0.898. The van der Waals surface area contributed by atoms with Gasteiger partial charge in [0.2, 0.25) is 0 Å². The van der Waals surface area contributed by atoms with Crippen molar-refractivity contribution in [3.63, 3.8) is 0 Å². The van der Waals surface area contributed by atoms with Crippen LogP contribution in [0.4, 0.5) is 0 Å². The number of piperidine rings is 1. The summed E-state index contributed by atoms with van der Waals surface area (Å²) in [6, 6.07) is 23.7. The van der Waals surface area contributed by atoms with Gasteiger partial charge in [0.25, 0.3) is 5.91 Å². The number of likely N-dealkylation sites (tertiary alicyclic amines) is 1. The second-order valence-corrected chi connectivity index (χ2v) is 7.37. The molecule has 4 rings (SSSR count). The van der Waals surface area contributed by atoms with Crippen molar-refractivity contribution >= 4 is 16.7 Å². The quantitative estimate of drug-likeness (QED) is 0.727. The largest absolute Gasteiger partial charge is 0.484 e. The standard InChI is InChI=1S/C24H25NO3/c26-23(17-28-22-11-10-18-6-4-5-9-21(18)16-22)25-14-12-20(13-15-25)24(27)19-7-2-1-3-8-19/h1-11,16,20,24,27H,12-15,17H2. The molecule has 1 N–H and O–H groups in total. The van der Waals surface area contributed by atoms with Gasteiger partial charge in [0.1, 0.15) is 5.75 Å². The van der Waals surface area contributed by atoms with Crippen molar-refractivity contribution in [1.82, 2.24) is 4.90 Å². The molecule has 3 aromatic carbocycles. The number of carbonyl (C=O) groups is 1. The maximum Gasteiger partial charge on any atom is 0.260 e. The molecular formula is C24H25NO3. The Hall–Kier alpha value is -2.85. The van der Waals surface area contributed by atoms with Gasteiger partial charge < -0.3 is 14.7 Å². The molecule has 1 heterocycles. The number of aliphatic hydroxyl groups is 1. The fraction of sp³-hybridized carbons (Fsp3) is 0.292. The Kier molecular flexibility index (Phi) is 5.58. The summed E-state index contributed by atoms with van der Waals surface area (Å²) < 4.78 is 5.73. The molecule has 1 amide bonds. The molecule has 1 fully saturated rings.